The van der Waals surface area contributed by atoms with E-state index in [9.17, 15) is 0 Å². The van der Waals surface area contributed by atoms with Crippen LogP contribution in [0.3, 0.4) is 0 Å². The lowest BCUT2D eigenvalue weighted by Gasteiger charge is -2.42. The second-order valence-corrected chi connectivity index (χ2v) is 9.51. The molecule has 4 rings (SSSR count). The van der Waals surface area contributed by atoms with E-state index in [0.29, 0.717) is 62.5 Å². The third-order valence-corrected chi connectivity index (χ3v) is 6.62. The summed E-state index contributed by atoms with van der Waals surface area (Å²) in [5.74, 6) is 1.10. The van der Waals surface area contributed by atoms with E-state index in [4.69, 9.17) is 24.0 Å². The number of aromatic nitrogens is 4. The van der Waals surface area contributed by atoms with Crippen LogP contribution in [0.4, 0.5) is 11.6 Å². The number of morpholine rings is 1. The minimum atomic E-state index is 0.307. The van der Waals surface area contributed by atoms with Crippen LogP contribution in [-0.2, 0) is 14.2 Å². The monoisotopic (exact) mass is 488 g/mol. The molecular weight excluding hydrogens is 448 g/mol. The summed E-state index contributed by atoms with van der Waals surface area (Å²) in [7, 11) is 1.67. The highest BCUT2D eigenvalue weighted by Gasteiger charge is 2.32. The van der Waals surface area contributed by atoms with Crippen LogP contribution >= 0.6 is 0 Å². The summed E-state index contributed by atoms with van der Waals surface area (Å²) in [6.45, 7) is 8.74. The highest BCUT2D eigenvalue weighted by Crippen LogP contribution is 2.35. The highest BCUT2D eigenvalue weighted by atomic mass is 16.5. The van der Waals surface area contributed by atoms with Gasteiger partial charge in [0.25, 0.3) is 5.88 Å². The summed E-state index contributed by atoms with van der Waals surface area (Å²) < 4.78 is 24.6. The first-order valence-corrected chi connectivity index (χ1v) is 12.8. The van der Waals surface area contributed by atoms with E-state index >= 15 is 0 Å². The molecule has 2 fully saturated rings. The lowest BCUT2D eigenvalue weighted by molar-refractivity contribution is -0.0852. The Hall–Kier alpha value is -2.27. The fourth-order valence-corrected chi connectivity index (χ4v) is 5.02. The molecule has 35 heavy (non-hydrogen) atoms. The number of nitrogens with one attached hydrogen (secondary N) is 1. The van der Waals surface area contributed by atoms with Crippen LogP contribution in [0, 0.1) is 0 Å². The lowest BCUT2D eigenvalue weighted by Crippen LogP contribution is -2.51. The minimum Gasteiger partial charge on any atom is -0.475 e. The molecule has 194 valence electrons. The van der Waals surface area contributed by atoms with Crippen molar-refractivity contribution in [3.63, 3.8) is 0 Å². The van der Waals surface area contributed by atoms with Crippen molar-refractivity contribution in [1.29, 1.82) is 0 Å². The molecule has 0 radical (unpaired) electrons. The summed E-state index contributed by atoms with van der Waals surface area (Å²) in [4.78, 5) is 11.2. The van der Waals surface area contributed by atoms with Gasteiger partial charge in [0.2, 0.25) is 5.95 Å². The van der Waals surface area contributed by atoms with E-state index in [1.165, 1.54) is 12.8 Å². The average molecular weight is 489 g/mol. The Morgan fingerprint density at radius 2 is 1.69 bits per heavy atom. The van der Waals surface area contributed by atoms with Crippen molar-refractivity contribution < 1.29 is 18.9 Å². The summed E-state index contributed by atoms with van der Waals surface area (Å²) in [6, 6.07) is 2.78. The maximum atomic E-state index is 6.04. The van der Waals surface area contributed by atoms with Gasteiger partial charge < -0.3 is 24.3 Å². The average Bonchev–Trinajstić information content (AvgIpc) is 3.26. The molecule has 10 nitrogen and oxygen atoms in total. The zero-order valence-corrected chi connectivity index (χ0v) is 21.3. The first-order chi connectivity index (χ1) is 17.1. The molecule has 1 aliphatic heterocycles. The van der Waals surface area contributed by atoms with Crippen molar-refractivity contribution in [3.8, 4) is 5.88 Å². The van der Waals surface area contributed by atoms with E-state index in [0.717, 1.165) is 38.0 Å². The van der Waals surface area contributed by atoms with Crippen LogP contribution in [0.2, 0.25) is 0 Å². The van der Waals surface area contributed by atoms with Crippen molar-refractivity contribution in [3.05, 3.63) is 24.7 Å². The first-order valence-electron chi connectivity index (χ1n) is 12.8. The van der Waals surface area contributed by atoms with Crippen molar-refractivity contribution in [2.75, 3.05) is 51.9 Å². The van der Waals surface area contributed by atoms with Gasteiger partial charge in [0.05, 0.1) is 44.3 Å². The van der Waals surface area contributed by atoms with E-state index in [1.54, 1.807) is 25.6 Å². The van der Waals surface area contributed by atoms with Gasteiger partial charge in [-0.25, -0.2) is 9.97 Å². The molecule has 1 saturated heterocycles. The predicted molar refractivity (Wildman–Crippen MR) is 133 cm³/mol. The Morgan fingerprint density at radius 1 is 0.971 bits per heavy atom. The lowest BCUT2D eigenvalue weighted by atomic mass is 9.89. The zero-order chi connectivity index (χ0) is 24.5. The Morgan fingerprint density at radius 3 is 2.40 bits per heavy atom. The Balaban J connectivity index is 1.35. The third-order valence-electron chi connectivity index (χ3n) is 6.62. The van der Waals surface area contributed by atoms with Crippen LogP contribution in [0.5, 0.6) is 5.88 Å². The van der Waals surface area contributed by atoms with Gasteiger partial charge in [0, 0.05) is 51.7 Å². The van der Waals surface area contributed by atoms with Crippen molar-refractivity contribution in [2.24, 2.45) is 0 Å². The molecule has 2 aliphatic rings. The van der Waals surface area contributed by atoms with Crippen LogP contribution in [0.1, 0.15) is 52.0 Å². The van der Waals surface area contributed by atoms with Gasteiger partial charge in [-0.1, -0.05) is 0 Å². The summed E-state index contributed by atoms with van der Waals surface area (Å²) in [5.41, 5.74) is 0.787. The van der Waals surface area contributed by atoms with Gasteiger partial charge in [-0.05, 0) is 45.6 Å². The molecule has 0 spiro atoms. The quantitative estimate of drug-likeness (QED) is 0.451. The second-order valence-electron chi connectivity index (χ2n) is 9.51. The first kappa shape index (κ1) is 25.8. The Kier molecular flexibility index (Phi) is 9.70. The molecule has 0 unspecified atom stereocenters. The SMILES string of the molecule is COCCOCCCOc1nn(C2CCC(N3C[C@@H](C)O[C@@H](C)C3)CC2)cc1Nc1ncccn1. The summed E-state index contributed by atoms with van der Waals surface area (Å²) >= 11 is 0. The molecule has 1 saturated carbocycles. The summed E-state index contributed by atoms with van der Waals surface area (Å²) in [5, 5.41) is 8.09. The fourth-order valence-electron chi connectivity index (χ4n) is 5.02. The number of ether oxygens (including phenoxy) is 4. The molecule has 2 aromatic heterocycles. The Labute approximate surface area is 208 Å². The molecule has 2 aromatic rings. The number of hydrogen-bond donors (Lipinski definition) is 1. The molecule has 3 heterocycles. The van der Waals surface area contributed by atoms with Gasteiger partial charge in [-0.2, -0.15) is 0 Å². The molecular formula is C25H40N6O4. The standard InChI is InChI=1S/C25H40N6O4/c1-19-16-30(17-20(2)35-19)21-6-8-22(9-7-21)31-18-23(28-25-26-10-4-11-27-25)24(29-31)34-13-5-12-33-15-14-32-3/h4,10-11,18-22H,5-9,12-17H2,1-3H3,(H,26,27,28)/t19-,20+,21?,22?. The van der Waals surface area contributed by atoms with Gasteiger partial charge >= 0.3 is 0 Å². The van der Waals surface area contributed by atoms with Gasteiger partial charge in [-0.15, -0.1) is 5.10 Å². The minimum absolute atomic E-state index is 0.307. The third kappa shape index (κ3) is 7.60. The van der Waals surface area contributed by atoms with Crippen LogP contribution in [0.15, 0.2) is 24.7 Å². The maximum Gasteiger partial charge on any atom is 0.256 e. The maximum absolute atomic E-state index is 6.04. The number of rotatable bonds is 12. The molecule has 0 bridgehead atoms. The van der Waals surface area contributed by atoms with Crippen molar-refractivity contribution >= 4 is 11.6 Å². The van der Waals surface area contributed by atoms with Crippen LogP contribution in [-0.4, -0.2) is 89.5 Å². The van der Waals surface area contributed by atoms with Crippen LogP contribution < -0.4 is 10.1 Å². The van der Waals surface area contributed by atoms with Gasteiger partial charge in [-0.3, -0.25) is 9.58 Å². The molecule has 10 heteroatoms. The van der Waals surface area contributed by atoms with Gasteiger partial charge in [0.15, 0.2) is 0 Å². The van der Waals surface area contributed by atoms with Gasteiger partial charge in [0.1, 0.15) is 5.69 Å². The second kappa shape index (κ2) is 13.2. The van der Waals surface area contributed by atoms with E-state index < -0.39 is 0 Å². The molecule has 1 N–H and O–H groups in total. The number of anilines is 2. The molecule has 0 amide bonds. The van der Waals surface area contributed by atoms with Crippen LogP contribution in [0.25, 0.3) is 0 Å². The smallest absolute Gasteiger partial charge is 0.256 e. The Bertz CT molecular complexity index is 864. The highest BCUT2D eigenvalue weighted by molar-refractivity contribution is 5.58. The van der Waals surface area contributed by atoms with E-state index in [-0.39, 0.29) is 0 Å². The normalized spacial score (nSPS) is 25.5. The van der Waals surface area contributed by atoms with Crippen molar-refractivity contribution in [1.82, 2.24) is 24.6 Å². The topological polar surface area (TPSA) is 95.8 Å². The number of nitrogens with zero attached hydrogens (tertiary/aromatic N) is 5. The molecule has 1 aliphatic carbocycles. The molecule has 2 atom stereocenters. The molecule has 0 aromatic carbocycles. The largest absolute Gasteiger partial charge is 0.475 e. The zero-order valence-electron chi connectivity index (χ0n) is 21.3. The van der Waals surface area contributed by atoms with Crippen molar-refractivity contribution in [2.45, 2.75) is 70.2 Å². The number of methoxy groups -OCH3 is 1. The number of hydrogen-bond acceptors (Lipinski definition) is 9. The summed E-state index contributed by atoms with van der Waals surface area (Å²) in [6.07, 6.45) is 11.4. The van der Waals surface area contributed by atoms with E-state index in [2.05, 4.69) is 38.7 Å². The van der Waals surface area contributed by atoms with E-state index in [1.807, 2.05) is 6.20 Å². The predicted octanol–water partition coefficient (Wildman–Crippen LogP) is 3.44. The fraction of sp³-hybridized carbons (Fsp3) is 0.720.